The molecule has 0 unspecified atom stereocenters. The number of carbonyl (C=O) groups is 2. The van der Waals surface area contributed by atoms with Gasteiger partial charge in [-0.25, -0.2) is 4.68 Å². The summed E-state index contributed by atoms with van der Waals surface area (Å²) < 4.78 is 7.19. The average Bonchev–Trinajstić information content (AvgIpc) is 2.75. The van der Waals surface area contributed by atoms with E-state index in [0.29, 0.717) is 17.1 Å². The normalized spacial score (nSPS) is 11.5. The van der Waals surface area contributed by atoms with Crippen LogP contribution >= 0.6 is 0 Å². The van der Waals surface area contributed by atoms with E-state index in [4.69, 9.17) is 4.74 Å². The van der Waals surface area contributed by atoms with Crippen molar-refractivity contribution in [1.29, 1.82) is 0 Å². The van der Waals surface area contributed by atoms with E-state index in [1.165, 1.54) is 10.7 Å². The third kappa shape index (κ3) is 4.98. The summed E-state index contributed by atoms with van der Waals surface area (Å²) in [6.07, 6.45) is -0.868. The van der Waals surface area contributed by atoms with Crippen molar-refractivity contribution in [3.8, 4) is 11.4 Å². The van der Waals surface area contributed by atoms with Crippen LogP contribution in [0.25, 0.3) is 5.69 Å². The van der Waals surface area contributed by atoms with Gasteiger partial charge in [-0.15, -0.1) is 0 Å². The first kappa shape index (κ1) is 21.8. The molecule has 0 aliphatic heterocycles. The molecular weight excluding hydrogens is 396 g/mol. The van der Waals surface area contributed by atoms with Crippen molar-refractivity contribution in [2.75, 3.05) is 0 Å². The third-order valence-electron chi connectivity index (χ3n) is 4.85. The Hall–Kier alpha value is -3.94. The summed E-state index contributed by atoms with van der Waals surface area (Å²) in [4.78, 5) is 37.1. The van der Waals surface area contributed by atoms with Gasteiger partial charge in [0.15, 0.2) is 11.8 Å². The number of para-hydroxylation sites is 1. The van der Waals surface area contributed by atoms with Crippen molar-refractivity contribution >= 4 is 11.8 Å². The molecule has 160 valence electrons. The Bertz CT molecular complexity index is 1170. The number of nitrogens with zero attached hydrogens (tertiary/aromatic N) is 2. The molecule has 0 spiro atoms. The molecule has 8 heteroatoms. The average molecular weight is 420 g/mol. The van der Waals surface area contributed by atoms with Crippen LogP contribution in [0.5, 0.6) is 5.75 Å². The zero-order valence-electron chi connectivity index (χ0n) is 17.8. The lowest BCUT2D eigenvalue weighted by Crippen LogP contribution is -2.48. The number of rotatable bonds is 5. The fourth-order valence-corrected chi connectivity index (χ4v) is 2.91. The molecule has 2 aromatic carbocycles. The van der Waals surface area contributed by atoms with Crippen LogP contribution < -0.4 is 21.0 Å². The minimum atomic E-state index is -0.868. The Morgan fingerprint density at radius 1 is 1.00 bits per heavy atom. The van der Waals surface area contributed by atoms with Crippen LogP contribution in [0.15, 0.2) is 59.4 Å². The lowest BCUT2D eigenvalue weighted by Gasteiger charge is -2.17. The van der Waals surface area contributed by atoms with Gasteiger partial charge in [-0.2, -0.15) is 5.10 Å². The smallest absolute Gasteiger partial charge is 0.294 e. The molecule has 0 aliphatic rings. The predicted octanol–water partition coefficient (Wildman–Crippen LogP) is 2.39. The first-order valence-electron chi connectivity index (χ1n) is 9.77. The van der Waals surface area contributed by atoms with Gasteiger partial charge in [0.05, 0.1) is 5.69 Å². The highest BCUT2D eigenvalue weighted by Gasteiger charge is 2.19. The van der Waals surface area contributed by atoms with E-state index in [1.54, 1.807) is 32.0 Å². The number of aromatic nitrogens is 2. The van der Waals surface area contributed by atoms with Gasteiger partial charge in [0, 0.05) is 11.8 Å². The van der Waals surface area contributed by atoms with E-state index in [1.807, 2.05) is 44.2 Å². The Balaban J connectivity index is 1.69. The highest BCUT2D eigenvalue weighted by Crippen LogP contribution is 2.21. The standard InChI is InChI=1S/C23H24N4O4/c1-14-9-8-12-20(16(14)3)31-17(4)22(29)24-25-23(30)21-19(28)13-15(2)27(26-21)18-10-6-5-7-11-18/h5-13,17H,1-4H3,(H,24,29)(H,25,30)/t17-/m1/s1. The molecule has 0 aliphatic carbocycles. The van der Waals surface area contributed by atoms with Crippen LogP contribution in [-0.2, 0) is 4.79 Å². The molecule has 1 aromatic heterocycles. The Labute approximate surface area is 179 Å². The maximum absolute atomic E-state index is 12.5. The fourth-order valence-electron chi connectivity index (χ4n) is 2.91. The molecule has 0 bridgehead atoms. The molecule has 2 amide bonds. The molecule has 0 radical (unpaired) electrons. The van der Waals surface area contributed by atoms with Gasteiger partial charge in [0.25, 0.3) is 11.8 Å². The molecule has 1 heterocycles. The maximum atomic E-state index is 12.5. The zero-order valence-corrected chi connectivity index (χ0v) is 17.8. The van der Waals surface area contributed by atoms with E-state index in [0.717, 1.165) is 11.1 Å². The van der Waals surface area contributed by atoms with Crippen molar-refractivity contribution in [2.45, 2.75) is 33.8 Å². The number of benzene rings is 2. The number of carbonyl (C=O) groups excluding carboxylic acids is 2. The Morgan fingerprint density at radius 2 is 1.71 bits per heavy atom. The molecular formula is C23H24N4O4. The SMILES string of the molecule is Cc1cccc(O[C@H](C)C(=O)NNC(=O)c2nn(-c3ccccc3)c(C)cc2=O)c1C. The number of hydrogen-bond donors (Lipinski definition) is 2. The minimum absolute atomic E-state index is 0.335. The van der Waals surface area contributed by atoms with Crippen LogP contribution in [0.4, 0.5) is 0 Å². The van der Waals surface area contributed by atoms with Gasteiger partial charge in [0.1, 0.15) is 5.75 Å². The largest absolute Gasteiger partial charge is 0.481 e. The predicted molar refractivity (Wildman–Crippen MR) is 116 cm³/mol. The van der Waals surface area contributed by atoms with Crippen molar-refractivity contribution in [1.82, 2.24) is 20.6 Å². The Morgan fingerprint density at radius 3 is 2.42 bits per heavy atom. The summed E-state index contributed by atoms with van der Waals surface area (Å²) in [6.45, 7) is 7.13. The van der Waals surface area contributed by atoms with Crippen LogP contribution in [0, 0.1) is 20.8 Å². The van der Waals surface area contributed by atoms with E-state index >= 15 is 0 Å². The van der Waals surface area contributed by atoms with E-state index in [-0.39, 0.29) is 5.69 Å². The second-order valence-corrected chi connectivity index (χ2v) is 7.15. The van der Waals surface area contributed by atoms with Gasteiger partial charge in [-0.3, -0.25) is 25.2 Å². The molecule has 0 saturated heterocycles. The summed E-state index contributed by atoms with van der Waals surface area (Å²) in [5.74, 6) is -0.799. The maximum Gasteiger partial charge on any atom is 0.294 e. The lowest BCUT2D eigenvalue weighted by molar-refractivity contribution is -0.128. The topological polar surface area (TPSA) is 102 Å². The minimum Gasteiger partial charge on any atom is -0.481 e. The zero-order chi connectivity index (χ0) is 22.5. The van der Waals surface area contributed by atoms with E-state index < -0.39 is 23.3 Å². The summed E-state index contributed by atoms with van der Waals surface area (Å²) in [5, 5.41) is 4.16. The van der Waals surface area contributed by atoms with Crippen LogP contribution in [0.3, 0.4) is 0 Å². The lowest BCUT2D eigenvalue weighted by atomic mass is 10.1. The molecule has 2 N–H and O–H groups in total. The molecule has 1 atom stereocenters. The van der Waals surface area contributed by atoms with Crippen molar-refractivity contribution in [3.63, 3.8) is 0 Å². The number of nitrogens with one attached hydrogen (secondary N) is 2. The van der Waals surface area contributed by atoms with Gasteiger partial charge in [-0.05, 0) is 57.0 Å². The molecule has 0 saturated carbocycles. The molecule has 3 rings (SSSR count). The summed E-state index contributed by atoms with van der Waals surface area (Å²) in [6, 6.07) is 16.0. The first-order valence-corrected chi connectivity index (χ1v) is 9.77. The number of hydrogen-bond acceptors (Lipinski definition) is 5. The van der Waals surface area contributed by atoms with E-state index in [9.17, 15) is 14.4 Å². The number of amides is 2. The third-order valence-corrected chi connectivity index (χ3v) is 4.85. The van der Waals surface area contributed by atoms with Crippen LogP contribution in [0.1, 0.15) is 34.2 Å². The molecule has 0 fully saturated rings. The first-order chi connectivity index (χ1) is 14.8. The van der Waals surface area contributed by atoms with Gasteiger partial charge < -0.3 is 4.74 Å². The van der Waals surface area contributed by atoms with Gasteiger partial charge >= 0.3 is 0 Å². The van der Waals surface area contributed by atoms with Gasteiger partial charge in [-0.1, -0.05) is 30.3 Å². The summed E-state index contributed by atoms with van der Waals surface area (Å²) in [5.41, 5.74) is 6.89. The molecule has 31 heavy (non-hydrogen) atoms. The quantitative estimate of drug-likeness (QED) is 0.617. The number of hydrazine groups is 1. The summed E-state index contributed by atoms with van der Waals surface area (Å²) in [7, 11) is 0. The van der Waals surface area contributed by atoms with Crippen molar-refractivity contribution in [2.24, 2.45) is 0 Å². The number of aryl methyl sites for hydroxylation is 2. The van der Waals surface area contributed by atoms with Crippen molar-refractivity contribution in [3.05, 3.63) is 87.3 Å². The molecule has 8 nitrogen and oxygen atoms in total. The second-order valence-electron chi connectivity index (χ2n) is 7.15. The second kappa shape index (κ2) is 9.25. The highest BCUT2D eigenvalue weighted by atomic mass is 16.5. The fraction of sp³-hybridized carbons (Fsp3) is 0.217. The monoisotopic (exact) mass is 420 g/mol. The van der Waals surface area contributed by atoms with Crippen molar-refractivity contribution < 1.29 is 14.3 Å². The van der Waals surface area contributed by atoms with E-state index in [2.05, 4.69) is 16.0 Å². The Kier molecular flexibility index (Phi) is 6.49. The van der Waals surface area contributed by atoms with Crippen LogP contribution in [0.2, 0.25) is 0 Å². The molecule has 3 aromatic rings. The van der Waals surface area contributed by atoms with Gasteiger partial charge in [0.2, 0.25) is 5.43 Å². The van der Waals surface area contributed by atoms with Crippen LogP contribution in [-0.4, -0.2) is 27.7 Å². The highest BCUT2D eigenvalue weighted by molar-refractivity contribution is 5.94. The number of ether oxygens (including phenoxy) is 1. The summed E-state index contributed by atoms with van der Waals surface area (Å²) >= 11 is 0.